The van der Waals surface area contributed by atoms with E-state index in [1.54, 1.807) is 12.1 Å². The van der Waals surface area contributed by atoms with Crippen molar-refractivity contribution in [3.8, 4) is 0 Å². The van der Waals surface area contributed by atoms with Gasteiger partial charge >= 0.3 is 0 Å². The van der Waals surface area contributed by atoms with Gasteiger partial charge in [-0.3, -0.25) is 0 Å². The predicted octanol–water partition coefficient (Wildman–Crippen LogP) is 4.09. The fraction of sp³-hybridized carbons (Fsp3) is 0. The van der Waals surface area contributed by atoms with Crippen LogP contribution in [0.25, 0.3) is 5.76 Å². The van der Waals surface area contributed by atoms with Gasteiger partial charge < -0.3 is 5.11 Å². The summed E-state index contributed by atoms with van der Waals surface area (Å²) in [5.41, 5.74) is 1.52. The van der Waals surface area contributed by atoms with Crippen molar-refractivity contribution in [3.63, 3.8) is 0 Å². The SMILES string of the molecule is O/C(=C/Cl)c1ccc(Cl)cc1Cl. The molecule has 0 saturated heterocycles. The summed E-state index contributed by atoms with van der Waals surface area (Å²) < 4.78 is 0. The normalized spacial score (nSPS) is 11.8. The number of hydrogen-bond donors (Lipinski definition) is 1. The molecule has 64 valence electrons. The molecule has 0 bridgehead atoms. The number of benzene rings is 1. The lowest BCUT2D eigenvalue weighted by molar-refractivity contribution is 0.513. The molecule has 1 aromatic rings. The smallest absolute Gasteiger partial charge is 0.135 e. The second-order valence-corrected chi connectivity index (χ2v) is 3.18. The molecule has 0 heterocycles. The van der Waals surface area contributed by atoms with Crippen LogP contribution in [0.2, 0.25) is 10.0 Å². The van der Waals surface area contributed by atoms with Crippen molar-refractivity contribution < 1.29 is 5.11 Å². The standard InChI is InChI=1S/C8H5Cl3O/c9-4-8(12)6-2-1-5(10)3-7(6)11/h1-4,12H/b8-4+. The minimum absolute atomic E-state index is 0.0710. The van der Waals surface area contributed by atoms with E-state index in [2.05, 4.69) is 0 Å². The molecular formula is C8H5Cl3O. The van der Waals surface area contributed by atoms with Gasteiger partial charge in [-0.2, -0.15) is 0 Å². The Morgan fingerprint density at radius 2 is 2.00 bits per heavy atom. The molecule has 0 radical (unpaired) electrons. The molecule has 12 heavy (non-hydrogen) atoms. The Kier molecular flexibility index (Phi) is 3.27. The number of hydrogen-bond acceptors (Lipinski definition) is 1. The van der Waals surface area contributed by atoms with E-state index in [4.69, 9.17) is 34.8 Å². The molecule has 0 amide bonds. The molecular weight excluding hydrogens is 218 g/mol. The third-order valence-corrected chi connectivity index (χ3v) is 2.06. The topological polar surface area (TPSA) is 20.2 Å². The second kappa shape index (κ2) is 4.04. The second-order valence-electron chi connectivity index (χ2n) is 2.12. The Labute approximate surface area is 85.2 Å². The summed E-state index contributed by atoms with van der Waals surface area (Å²) in [4.78, 5) is 0. The van der Waals surface area contributed by atoms with Crippen molar-refractivity contribution in [2.75, 3.05) is 0 Å². The molecule has 0 spiro atoms. The van der Waals surface area contributed by atoms with Gasteiger partial charge in [0.15, 0.2) is 0 Å². The lowest BCUT2D eigenvalue weighted by atomic mass is 10.2. The number of halogens is 3. The van der Waals surface area contributed by atoms with Crippen LogP contribution in [-0.4, -0.2) is 5.11 Å². The summed E-state index contributed by atoms with van der Waals surface area (Å²) in [6, 6.07) is 4.76. The van der Waals surface area contributed by atoms with Gasteiger partial charge in [-0.15, -0.1) is 0 Å². The van der Waals surface area contributed by atoms with Crippen molar-refractivity contribution in [3.05, 3.63) is 39.3 Å². The van der Waals surface area contributed by atoms with Crippen molar-refractivity contribution in [2.45, 2.75) is 0 Å². The van der Waals surface area contributed by atoms with Gasteiger partial charge in [-0.25, -0.2) is 0 Å². The van der Waals surface area contributed by atoms with Gasteiger partial charge in [-0.1, -0.05) is 34.8 Å². The summed E-state index contributed by atoms with van der Waals surface area (Å²) in [6.45, 7) is 0. The zero-order valence-corrected chi connectivity index (χ0v) is 8.16. The monoisotopic (exact) mass is 222 g/mol. The highest BCUT2D eigenvalue weighted by atomic mass is 35.5. The van der Waals surface area contributed by atoms with Crippen molar-refractivity contribution in [1.29, 1.82) is 0 Å². The summed E-state index contributed by atoms with van der Waals surface area (Å²) in [5, 5.41) is 10.1. The fourth-order valence-electron chi connectivity index (χ4n) is 0.756. The summed E-state index contributed by atoms with van der Waals surface area (Å²) in [6.07, 6.45) is 0. The van der Waals surface area contributed by atoms with E-state index in [9.17, 15) is 5.11 Å². The van der Waals surface area contributed by atoms with Crippen molar-refractivity contribution >= 4 is 40.6 Å². The highest BCUT2D eigenvalue weighted by molar-refractivity contribution is 6.36. The van der Waals surface area contributed by atoms with E-state index in [1.165, 1.54) is 6.07 Å². The zero-order chi connectivity index (χ0) is 9.14. The molecule has 1 N–H and O–H groups in total. The van der Waals surface area contributed by atoms with Gasteiger partial charge in [0.2, 0.25) is 0 Å². The van der Waals surface area contributed by atoms with E-state index in [0.717, 1.165) is 5.54 Å². The number of aliphatic hydroxyl groups excluding tert-OH is 1. The maximum absolute atomic E-state index is 9.20. The van der Waals surface area contributed by atoms with E-state index in [0.29, 0.717) is 15.6 Å². The number of rotatable bonds is 1. The summed E-state index contributed by atoms with van der Waals surface area (Å²) in [5.74, 6) is -0.0710. The molecule has 4 heteroatoms. The average Bonchev–Trinajstić information content (AvgIpc) is 2.03. The van der Waals surface area contributed by atoms with Gasteiger partial charge in [0.25, 0.3) is 0 Å². The minimum Gasteiger partial charge on any atom is -0.506 e. The van der Waals surface area contributed by atoms with E-state index < -0.39 is 0 Å². The van der Waals surface area contributed by atoms with Gasteiger partial charge in [-0.05, 0) is 18.2 Å². The highest BCUT2D eigenvalue weighted by Crippen LogP contribution is 2.25. The summed E-state index contributed by atoms with van der Waals surface area (Å²) >= 11 is 16.7. The van der Waals surface area contributed by atoms with E-state index >= 15 is 0 Å². The molecule has 0 aliphatic rings. The maximum Gasteiger partial charge on any atom is 0.135 e. The Balaban J connectivity index is 3.18. The molecule has 1 rings (SSSR count). The van der Waals surface area contributed by atoms with Crippen molar-refractivity contribution in [1.82, 2.24) is 0 Å². The molecule has 1 nitrogen and oxygen atoms in total. The van der Waals surface area contributed by atoms with Crippen LogP contribution in [0.4, 0.5) is 0 Å². The Morgan fingerprint density at radius 3 is 2.50 bits per heavy atom. The first-order chi connectivity index (χ1) is 5.65. The fourth-order valence-corrected chi connectivity index (χ4v) is 1.38. The first-order valence-electron chi connectivity index (χ1n) is 3.10. The first kappa shape index (κ1) is 9.72. The predicted molar refractivity (Wildman–Crippen MR) is 52.9 cm³/mol. The molecule has 0 fully saturated rings. The Morgan fingerprint density at radius 1 is 1.33 bits per heavy atom. The molecule has 0 aliphatic heterocycles. The third-order valence-electron chi connectivity index (χ3n) is 1.31. The summed E-state index contributed by atoms with van der Waals surface area (Å²) in [7, 11) is 0. The first-order valence-corrected chi connectivity index (χ1v) is 4.29. The van der Waals surface area contributed by atoms with Crippen LogP contribution < -0.4 is 0 Å². The van der Waals surface area contributed by atoms with Crippen LogP contribution in [0.1, 0.15) is 5.56 Å². The van der Waals surface area contributed by atoms with E-state index in [-0.39, 0.29) is 5.76 Å². The lowest BCUT2D eigenvalue weighted by Crippen LogP contribution is -1.82. The van der Waals surface area contributed by atoms with Gasteiger partial charge in [0, 0.05) is 16.1 Å². The van der Waals surface area contributed by atoms with Crippen molar-refractivity contribution in [2.24, 2.45) is 0 Å². The van der Waals surface area contributed by atoms with Crippen LogP contribution in [-0.2, 0) is 0 Å². The Hall–Kier alpha value is -0.370. The largest absolute Gasteiger partial charge is 0.506 e. The van der Waals surface area contributed by atoms with Crippen LogP contribution >= 0.6 is 34.8 Å². The molecule has 0 unspecified atom stereocenters. The van der Waals surface area contributed by atoms with Crippen LogP contribution in [0.5, 0.6) is 0 Å². The van der Waals surface area contributed by atoms with Gasteiger partial charge in [0.1, 0.15) is 5.76 Å². The number of aliphatic hydroxyl groups is 1. The van der Waals surface area contributed by atoms with Crippen LogP contribution in [0.15, 0.2) is 23.7 Å². The minimum atomic E-state index is -0.0710. The lowest BCUT2D eigenvalue weighted by Gasteiger charge is -2.01. The zero-order valence-electron chi connectivity index (χ0n) is 5.89. The molecule has 0 atom stereocenters. The Bertz CT molecular complexity index is 320. The van der Waals surface area contributed by atoms with Crippen LogP contribution in [0.3, 0.4) is 0 Å². The molecule has 1 aromatic carbocycles. The highest BCUT2D eigenvalue weighted by Gasteiger charge is 2.04. The van der Waals surface area contributed by atoms with E-state index in [1.807, 2.05) is 0 Å². The third kappa shape index (κ3) is 2.07. The molecule has 0 aromatic heterocycles. The molecule has 0 saturated carbocycles. The van der Waals surface area contributed by atoms with Crippen LogP contribution in [0, 0.1) is 0 Å². The average molecular weight is 223 g/mol. The molecule has 0 aliphatic carbocycles. The maximum atomic E-state index is 9.20. The quantitative estimate of drug-likeness (QED) is 0.711. The van der Waals surface area contributed by atoms with Gasteiger partial charge in [0.05, 0.1) is 5.02 Å².